The maximum absolute atomic E-state index is 13.1. The minimum atomic E-state index is -0.357. The maximum Gasteiger partial charge on any atom is 0.277 e. The van der Waals surface area contributed by atoms with Gasteiger partial charge in [-0.3, -0.25) is 10.1 Å². The molecular weight excluding hydrogens is 419 g/mol. The molecule has 0 fully saturated rings. The number of anilines is 1. The molecule has 0 bridgehead atoms. The van der Waals surface area contributed by atoms with E-state index in [1.807, 2.05) is 25.1 Å². The standard InChI is InChI=1S/C22H17FN4O3S/c1-13-20(11-14-2-7-18-19(10-14)30-12-29-18)31-22(24-13)25-21(28)17-8-9-27(26-17)16-5-3-15(23)4-6-16/h2-10H,11-12H2,1H3,(H,24,25,28). The van der Waals surface area contributed by atoms with E-state index < -0.39 is 0 Å². The van der Waals surface area contributed by atoms with Gasteiger partial charge in [-0.25, -0.2) is 14.1 Å². The van der Waals surface area contributed by atoms with Crippen LogP contribution in [-0.4, -0.2) is 27.5 Å². The van der Waals surface area contributed by atoms with Gasteiger partial charge >= 0.3 is 0 Å². The second-order valence-electron chi connectivity index (χ2n) is 6.97. The van der Waals surface area contributed by atoms with Gasteiger partial charge < -0.3 is 9.47 Å². The number of hydrogen-bond donors (Lipinski definition) is 1. The molecule has 1 amide bonds. The van der Waals surface area contributed by atoms with Crippen molar-refractivity contribution in [3.63, 3.8) is 0 Å². The number of benzene rings is 2. The quantitative estimate of drug-likeness (QED) is 0.503. The van der Waals surface area contributed by atoms with Gasteiger partial charge in [0.2, 0.25) is 6.79 Å². The number of halogens is 1. The maximum atomic E-state index is 13.1. The third-order valence-electron chi connectivity index (χ3n) is 4.83. The number of aryl methyl sites for hydroxylation is 1. The van der Waals surface area contributed by atoms with Gasteiger partial charge in [0.15, 0.2) is 22.3 Å². The molecule has 0 atom stereocenters. The highest BCUT2D eigenvalue weighted by atomic mass is 32.1. The highest BCUT2D eigenvalue weighted by molar-refractivity contribution is 7.15. The summed E-state index contributed by atoms with van der Waals surface area (Å²) in [6.07, 6.45) is 2.33. The largest absolute Gasteiger partial charge is 0.454 e. The van der Waals surface area contributed by atoms with E-state index >= 15 is 0 Å². The van der Waals surface area contributed by atoms with E-state index in [-0.39, 0.29) is 24.2 Å². The Morgan fingerprint density at radius 3 is 2.81 bits per heavy atom. The zero-order valence-corrected chi connectivity index (χ0v) is 17.3. The summed E-state index contributed by atoms with van der Waals surface area (Å²) in [5, 5.41) is 7.59. The Morgan fingerprint density at radius 1 is 1.16 bits per heavy atom. The van der Waals surface area contributed by atoms with Crippen LogP contribution in [0.1, 0.15) is 26.6 Å². The minimum absolute atomic E-state index is 0.242. The summed E-state index contributed by atoms with van der Waals surface area (Å²) >= 11 is 1.42. The Bertz CT molecular complexity index is 1270. The number of thiazole rings is 1. The summed E-state index contributed by atoms with van der Waals surface area (Å²) in [6.45, 7) is 2.16. The highest BCUT2D eigenvalue weighted by Crippen LogP contribution is 2.34. The zero-order chi connectivity index (χ0) is 21.4. The molecule has 0 radical (unpaired) electrons. The predicted octanol–water partition coefficient (Wildman–Crippen LogP) is 4.35. The number of carbonyl (C=O) groups is 1. The Hall–Kier alpha value is -3.72. The van der Waals surface area contributed by atoms with Crippen molar-refractivity contribution in [2.45, 2.75) is 13.3 Å². The van der Waals surface area contributed by atoms with Crippen LogP contribution in [0.4, 0.5) is 9.52 Å². The van der Waals surface area contributed by atoms with Gasteiger partial charge in [0, 0.05) is 17.5 Å². The molecule has 5 rings (SSSR count). The minimum Gasteiger partial charge on any atom is -0.454 e. The molecule has 2 aromatic heterocycles. The van der Waals surface area contributed by atoms with Crippen molar-refractivity contribution < 1.29 is 18.7 Å². The average molecular weight is 436 g/mol. The molecule has 2 aromatic carbocycles. The van der Waals surface area contributed by atoms with Crippen molar-refractivity contribution in [1.29, 1.82) is 0 Å². The molecule has 1 N–H and O–H groups in total. The molecule has 0 saturated carbocycles. The monoisotopic (exact) mass is 436 g/mol. The van der Waals surface area contributed by atoms with Crippen molar-refractivity contribution in [1.82, 2.24) is 14.8 Å². The lowest BCUT2D eigenvalue weighted by atomic mass is 10.1. The van der Waals surface area contributed by atoms with Crippen LogP contribution in [0.25, 0.3) is 5.69 Å². The molecule has 4 aromatic rings. The molecule has 0 saturated heterocycles. The summed E-state index contributed by atoms with van der Waals surface area (Å²) in [6, 6.07) is 13.3. The van der Waals surface area contributed by atoms with Gasteiger partial charge in [-0.2, -0.15) is 5.10 Å². The van der Waals surface area contributed by atoms with Crippen molar-refractivity contribution in [3.8, 4) is 17.2 Å². The number of amides is 1. The number of ether oxygens (including phenoxy) is 2. The number of rotatable bonds is 5. The molecule has 1 aliphatic rings. The summed E-state index contributed by atoms with van der Waals surface area (Å²) in [5.74, 6) is 0.802. The van der Waals surface area contributed by atoms with Gasteiger partial charge in [-0.1, -0.05) is 6.07 Å². The molecule has 0 aliphatic carbocycles. The van der Waals surface area contributed by atoms with Crippen molar-refractivity contribution in [2.24, 2.45) is 0 Å². The first-order chi connectivity index (χ1) is 15.0. The average Bonchev–Trinajstić information content (AvgIpc) is 3.49. The smallest absolute Gasteiger partial charge is 0.277 e. The van der Waals surface area contributed by atoms with Gasteiger partial charge in [-0.15, -0.1) is 11.3 Å². The lowest BCUT2D eigenvalue weighted by molar-refractivity contribution is 0.102. The van der Waals surface area contributed by atoms with E-state index in [0.717, 1.165) is 27.6 Å². The van der Waals surface area contributed by atoms with Crippen LogP contribution in [0.3, 0.4) is 0 Å². The van der Waals surface area contributed by atoms with Crippen molar-refractivity contribution in [3.05, 3.63) is 82.4 Å². The Morgan fingerprint density at radius 2 is 1.97 bits per heavy atom. The van der Waals surface area contributed by atoms with Crippen LogP contribution in [0.15, 0.2) is 54.7 Å². The van der Waals surface area contributed by atoms with Crippen LogP contribution in [-0.2, 0) is 6.42 Å². The molecular formula is C22H17FN4O3S. The number of aromatic nitrogens is 3. The normalized spacial score (nSPS) is 12.2. The third-order valence-corrected chi connectivity index (χ3v) is 5.90. The van der Waals surface area contributed by atoms with Gasteiger partial charge in [0.05, 0.1) is 11.4 Å². The number of nitrogens with zero attached hydrogens (tertiary/aromatic N) is 3. The van der Waals surface area contributed by atoms with Crippen LogP contribution >= 0.6 is 11.3 Å². The van der Waals surface area contributed by atoms with E-state index in [0.29, 0.717) is 17.2 Å². The van der Waals surface area contributed by atoms with Crippen molar-refractivity contribution >= 4 is 22.4 Å². The molecule has 9 heteroatoms. The number of hydrogen-bond acceptors (Lipinski definition) is 6. The summed E-state index contributed by atoms with van der Waals surface area (Å²) in [5.41, 5.74) is 2.84. The molecule has 0 unspecified atom stereocenters. The fraction of sp³-hybridized carbons (Fsp3) is 0.136. The molecule has 31 heavy (non-hydrogen) atoms. The molecule has 156 valence electrons. The Kier molecular flexibility index (Phi) is 4.87. The second kappa shape index (κ2) is 7.84. The second-order valence-corrected chi connectivity index (χ2v) is 8.05. The van der Waals surface area contributed by atoms with E-state index in [4.69, 9.17) is 9.47 Å². The van der Waals surface area contributed by atoms with Crippen LogP contribution < -0.4 is 14.8 Å². The zero-order valence-electron chi connectivity index (χ0n) is 16.5. The number of nitrogens with one attached hydrogen (secondary N) is 1. The topological polar surface area (TPSA) is 78.3 Å². The van der Waals surface area contributed by atoms with Gasteiger partial charge in [-0.05, 0) is 55.0 Å². The van der Waals surface area contributed by atoms with E-state index in [1.54, 1.807) is 24.4 Å². The van der Waals surface area contributed by atoms with Crippen molar-refractivity contribution in [2.75, 3.05) is 12.1 Å². The Labute approximate surface area is 181 Å². The fourth-order valence-electron chi connectivity index (χ4n) is 3.23. The SMILES string of the molecule is Cc1nc(NC(=O)c2ccn(-c3ccc(F)cc3)n2)sc1Cc1ccc2c(c1)OCO2. The Balaban J connectivity index is 1.28. The number of fused-ring (bicyclic) bond motifs is 1. The van der Waals surface area contributed by atoms with Crippen LogP contribution in [0.2, 0.25) is 0 Å². The van der Waals surface area contributed by atoms with E-state index in [9.17, 15) is 9.18 Å². The van der Waals surface area contributed by atoms with Gasteiger partial charge in [0.1, 0.15) is 5.82 Å². The molecule has 0 spiro atoms. The molecule has 7 nitrogen and oxygen atoms in total. The first-order valence-corrected chi connectivity index (χ1v) is 10.3. The molecule has 1 aliphatic heterocycles. The van der Waals surface area contributed by atoms with E-state index in [1.165, 1.54) is 28.2 Å². The van der Waals surface area contributed by atoms with Crippen LogP contribution in [0, 0.1) is 12.7 Å². The third kappa shape index (κ3) is 3.99. The predicted molar refractivity (Wildman–Crippen MR) is 114 cm³/mol. The van der Waals surface area contributed by atoms with Gasteiger partial charge in [0.25, 0.3) is 5.91 Å². The fourth-order valence-corrected chi connectivity index (χ4v) is 4.22. The molecule has 3 heterocycles. The first kappa shape index (κ1) is 19.3. The first-order valence-electron chi connectivity index (χ1n) is 9.53. The van der Waals surface area contributed by atoms with Crippen LogP contribution in [0.5, 0.6) is 11.5 Å². The lowest BCUT2D eigenvalue weighted by Crippen LogP contribution is -2.13. The van der Waals surface area contributed by atoms with E-state index in [2.05, 4.69) is 15.4 Å². The summed E-state index contributed by atoms with van der Waals surface area (Å²) in [7, 11) is 0. The summed E-state index contributed by atoms with van der Waals surface area (Å²) in [4.78, 5) is 18.1. The lowest BCUT2D eigenvalue weighted by Gasteiger charge is -2.02. The number of carbonyl (C=O) groups excluding carboxylic acids is 1. The summed E-state index contributed by atoms with van der Waals surface area (Å²) < 4.78 is 25.4. The highest BCUT2D eigenvalue weighted by Gasteiger charge is 2.17.